The van der Waals surface area contributed by atoms with Crippen molar-refractivity contribution in [3.63, 3.8) is 0 Å². The largest absolute Gasteiger partial charge is 0.379 e. The Morgan fingerprint density at radius 3 is 2.48 bits per heavy atom. The summed E-state index contributed by atoms with van der Waals surface area (Å²) in [5, 5.41) is 10.4. The Bertz CT molecular complexity index is 930. The smallest absolute Gasteiger partial charge is 0.339 e. The van der Waals surface area contributed by atoms with Crippen LogP contribution in [-0.4, -0.2) is 28.6 Å². The topological polar surface area (TPSA) is 87.0 Å². The molecule has 10 heteroatoms. The number of benzene rings is 2. The Labute approximate surface area is 135 Å². The molecular weight excluding hydrogens is 347 g/mol. The minimum atomic E-state index is -4.12. The molecule has 2 aromatic carbocycles. The molecule has 7 nitrogen and oxygen atoms in total. The zero-order valence-corrected chi connectivity index (χ0v) is 12.9. The van der Waals surface area contributed by atoms with E-state index in [9.17, 15) is 12.8 Å². The molecule has 0 fully saturated rings. The summed E-state index contributed by atoms with van der Waals surface area (Å²) in [6, 6.07) is 9.07. The van der Waals surface area contributed by atoms with Crippen LogP contribution in [0.15, 0.2) is 53.7 Å². The van der Waals surface area contributed by atoms with E-state index in [1.54, 1.807) is 12.1 Å². The first kappa shape index (κ1) is 15.4. The van der Waals surface area contributed by atoms with Crippen LogP contribution in [0.4, 0.5) is 4.39 Å². The maximum absolute atomic E-state index is 13.1. The summed E-state index contributed by atoms with van der Waals surface area (Å²) in [5.41, 5.74) is 0.629. The lowest BCUT2D eigenvalue weighted by atomic mass is 10.3. The van der Waals surface area contributed by atoms with Crippen LogP contribution in [0.5, 0.6) is 5.75 Å². The highest BCUT2D eigenvalue weighted by molar-refractivity contribution is 7.87. The monoisotopic (exact) mass is 354 g/mol. The van der Waals surface area contributed by atoms with E-state index in [-0.39, 0.29) is 15.7 Å². The van der Waals surface area contributed by atoms with Crippen LogP contribution in [-0.2, 0) is 10.1 Å². The van der Waals surface area contributed by atoms with E-state index in [0.29, 0.717) is 5.69 Å². The summed E-state index contributed by atoms with van der Waals surface area (Å²) in [4.78, 5) is -0.242. The minimum absolute atomic E-state index is 0.0854. The van der Waals surface area contributed by atoms with E-state index in [1.807, 2.05) is 0 Å². The lowest BCUT2D eigenvalue weighted by molar-refractivity contribution is 0.485. The van der Waals surface area contributed by atoms with Crippen molar-refractivity contribution in [3.05, 3.63) is 59.6 Å². The van der Waals surface area contributed by atoms with Crippen molar-refractivity contribution >= 4 is 21.7 Å². The van der Waals surface area contributed by atoms with Crippen LogP contribution in [0.25, 0.3) is 5.69 Å². The maximum Gasteiger partial charge on any atom is 0.339 e. The van der Waals surface area contributed by atoms with E-state index in [2.05, 4.69) is 15.5 Å². The van der Waals surface area contributed by atoms with Crippen molar-refractivity contribution in [2.45, 2.75) is 4.90 Å². The molecule has 0 amide bonds. The van der Waals surface area contributed by atoms with Crippen LogP contribution in [0.2, 0.25) is 5.02 Å². The van der Waals surface area contributed by atoms with E-state index < -0.39 is 15.9 Å². The van der Waals surface area contributed by atoms with Gasteiger partial charge in [-0.1, -0.05) is 11.6 Å². The standard InChI is InChI=1S/C13H8ClFN4O3S/c14-12-7-11(5-6-13(12)15)23(20,21)22-10-3-1-9(2-4-10)19-8-16-17-18-19/h1-8H. The van der Waals surface area contributed by atoms with Gasteiger partial charge in [0.1, 0.15) is 22.8 Å². The predicted molar refractivity (Wildman–Crippen MR) is 78.4 cm³/mol. The molecular formula is C13H8ClFN4O3S. The average Bonchev–Trinajstić information content (AvgIpc) is 3.04. The van der Waals surface area contributed by atoms with Crippen LogP contribution in [0.3, 0.4) is 0 Å². The minimum Gasteiger partial charge on any atom is -0.379 e. The highest BCUT2D eigenvalue weighted by Gasteiger charge is 2.18. The molecule has 0 radical (unpaired) electrons. The van der Waals surface area contributed by atoms with Crippen molar-refractivity contribution in [2.24, 2.45) is 0 Å². The lowest BCUT2D eigenvalue weighted by Gasteiger charge is -2.08. The van der Waals surface area contributed by atoms with Gasteiger partial charge in [-0.05, 0) is 52.9 Å². The SMILES string of the molecule is O=S(=O)(Oc1ccc(-n2cnnn2)cc1)c1ccc(F)c(Cl)c1. The summed E-state index contributed by atoms with van der Waals surface area (Å²) in [7, 11) is -4.12. The van der Waals surface area contributed by atoms with Gasteiger partial charge in [-0.15, -0.1) is 5.10 Å². The van der Waals surface area contributed by atoms with Crippen molar-refractivity contribution in [3.8, 4) is 11.4 Å². The second kappa shape index (κ2) is 5.94. The first-order valence-electron chi connectivity index (χ1n) is 6.19. The van der Waals surface area contributed by atoms with Crippen molar-refractivity contribution in [2.75, 3.05) is 0 Å². The van der Waals surface area contributed by atoms with E-state index >= 15 is 0 Å². The third-order valence-corrected chi connectivity index (χ3v) is 4.37. The van der Waals surface area contributed by atoms with Gasteiger partial charge in [-0.3, -0.25) is 0 Å². The molecule has 1 heterocycles. The Balaban J connectivity index is 1.84. The van der Waals surface area contributed by atoms with Crippen LogP contribution in [0, 0.1) is 5.82 Å². The molecule has 1 aromatic heterocycles. The quantitative estimate of drug-likeness (QED) is 0.668. The number of aromatic nitrogens is 4. The number of nitrogens with zero attached hydrogens (tertiary/aromatic N) is 4. The molecule has 0 aliphatic heterocycles. The van der Waals surface area contributed by atoms with Crippen LogP contribution in [0.1, 0.15) is 0 Å². The molecule has 0 bridgehead atoms. The molecule has 0 unspecified atom stereocenters. The molecule has 3 rings (SSSR count). The Hall–Kier alpha value is -2.52. The summed E-state index contributed by atoms with van der Waals surface area (Å²) in [5.74, 6) is -0.626. The maximum atomic E-state index is 13.1. The molecule has 0 saturated carbocycles. The molecule has 3 aromatic rings. The zero-order valence-electron chi connectivity index (χ0n) is 11.3. The van der Waals surface area contributed by atoms with Gasteiger partial charge in [0.05, 0.1) is 10.7 Å². The second-order valence-electron chi connectivity index (χ2n) is 4.36. The number of rotatable bonds is 4. The molecule has 0 aliphatic carbocycles. The first-order chi connectivity index (χ1) is 11.0. The van der Waals surface area contributed by atoms with E-state index in [4.69, 9.17) is 15.8 Å². The summed E-state index contributed by atoms with van der Waals surface area (Å²) >= 11 is 5.58. The summed E-state index contributed by atoms with van der Waals surface area (Å²) in [6.45, 7) is 0. The van der Waals surface area contributed by atoms with Gasteiger partial charge >= 0.3 is 10.1 Å². The van der Waals surface area contributed by atoms with Crippen LogP contribution >= 0.6 is 11.6 Å². The molecule has 118 valence electrons. The molecule has 0 spiro atoms. The van der Waals surface area contributed by atoms with Gasteiger partial charge in [-0.25, -0.2) is 9.07 Å². The third kappa shape index (κ3) is 3.30. The molecule has 23 heavy (non-hydrogen) atoms. The Morgan fingerprint density at radius 1 is 1.13 bits per heavy atom. The summed E-state index contributed by atoms with van der Waals surface area (Å²) < 4.78 is 43.8. The highest BCUT2D eigenvalue weighted by atomic mass is 35.5. The number of tetrazole rings is 1. The van der Waals surface area contributed by atoms with E-state index in [1.165, 1.54) is 23.1 Å². The summed E-state index contributed by atoms with van der Waals surface area (Å²) in [6.07, 6.45) is 1.40. The number of hydrogen-bond acceptors (Lipinski definition) is 6. The fraction of sp³-hybridized carbons (Fsp3) is 0. The lowest BCUT2D eigenvalue weighted by Crippen LogP contribution is -2.10. The normalized spacial score (nSPS) is 11.4. The second-order valence-corrected chi connectivity index (χ2v) is 6.32. The van der Waals surface area contributed by atoms with Gasteiger partial charge in [0.2, 0.25) is 0 Å². The van der Waals surface area contributed by atoms with Gasteiger partial charge in [0, 0.05) is 0 Å². The molecule has 0 N–H and O–H groups in total. The molecule has 0 aliphatic rings. The average molecular weight is 355 g/mol. The molecule has 0 saturated heterocycles. The van der Waals surface area contributed by atoms with Crippen molar-refractivity contribution < 1.29 is 17.0 Å². The first-order valence-corrected chi connectivity index (χ1v) is 7.97. The number of halogens is 2. The Kier molecular flexibility index (Phi) is 3.97. The van der Waals surface area contributed by atoms with Crippen LogP contribution < -0.4 is 4.18 Å². The fourth-order valence-electron chi connectivity index (χ4n) is 1.74. The highest BCUT2D eigenvalue weighted by Crippen LogP contribution is 2.23. The zero-order chi connectivity index (χ0) is 16.4. The predicted octanol–water partition coefficient (Wildman–Crippen LogP) is 2.22. The fourth-order valence-corrected chi connectivity index (χ4v) is 2.94. The van der Waals surface area contributed by atoms with Gasteiger partial charge in [0.15, 0.2) is 0 Å². The van der Waals surface area contributed by atoms with Gasteiger partial charge in [-0.2, -0.15) is 8.42 Å². The van der Waals surface area contributed by atoms with E-state index in [0.717, 1.165) is 18.2 Å². The van der Waals surface area contributed by atoms with Crippen molar-refractivity contribution in [1.82, 2.24) is 20.2 Å². The van der Waals surface area contributed by atoms with Gasteiger partial charge in [0.25, 0.3) is 0 Å². The third-order valence-electron chi connectivity index (χ3n) is 2.84. The van der Waals surface area contributed by atoms with Gasteiger partial charge < -0.3 is 4.18 Å². The number of hydrogen-bond donors (Lipinski definition) is 0. The van der Waals surface area contributed by atoms with Crippen molar-refractivity contribution in [1.29, 1.82) is 0 Å². The Morgan fingerprint density at radius 2 is 1.87 bits per heavy atom. The molecule has 0 atom stereocenters.